The Morgan fingerprint density at radius 1 is 0.412 bits per heavy atom. The molecule has 0 saturated heterocycles. The molecule has 0 fully saturated rings. The third-order valence-corrected chi connectivity index (χ3v) is 4.18. The molecule has 3 rings (SSSR count). The Bertz CT molecular complexity index is 943. The van der Waals surface area contributed by atoms with Gasteiger partial charge in [0.25, 0.3) is 0 Å². The van der Waals surface area contributed by atoms with Crippen molar-refractivity contribution in [2.75, 3.05) is 0 Å². The summed E-state index contributed by atoms with van der Waals surface area (Å²) in [6, 6.07) is 22.9. The number of benzene rings is 3. The van der Waals surface area contributed by atoms with Crippen LogP contribution in [0.3, 0.4) is 0 Å². The van der Waals surface area contributed by atoms with Gasteiger partial charge in [-0.1, -0.05) is 54.6 Å². The van der Waals surface area contributed by atoms with E-state index in [-0.39, 0.29) is 38.3 Å². The Hall–Kier alpha value is -1.80. The van der Waals surface area contributed by atoms with Crippen LogP contribution in [0, 0.1) is 0 Å². The quantitative estimate of drug-likeness (QED) is 0.259. The predicted octanol–water partition coefficient (Wildman–Crippen LogP) is -0.320. The van der Waals surface area contributed by atoms with Crippen LogP contribution in [0.1, 0.15) is 0 Å². The second-order valence-corrected chi connectivity index (χ2v) is 8.79. The van der Waals surface area contributed by atoms with Crippen LogP contribution in [0.25, 0.3) is 0 Å². The first-order valence-electron chi connectivity index (χ1n) is 8.54. The molecule has 0 amide bonds. The largest absolute Gasteiger partial charge is 0.780 e. The number of rotatable bonds is 6. The van der Waals surface area contributed by atoms with Gasteiger partial charge < -0.3 is 56.6 Å². The number of para-hydroxylation sites is 3. The average molecular weight is 612 g/mol. The van der Waals surface area contributed by atoms with Crippen LogP contribution in [-0.4, -0.2) is 0 Å². The molecule has 0 radical (unpaired) electrons. The summed E-state index contributed by atoms with van der Waals surface area (Å²) in [7, 11) is -14.7. The topological polar surface area (TPSA) is 217 Å². The van der Waals surface area contributed by atoms with Crippen LogP contribution < -0.4 is 42.9 Å². The van der Waals surface area contributed by atoms with Gasteiger partial charge in [0.05, 0.1) is 0 Å². The van der Waals surface area contributed by atoms with Crippen LogP contribution in [0.5, 0.6) is 17.2 Å². The normalized spacial score (nSPS) is 10.8. The zero-order chi connectivity index (χ0) is 25.0. The molecule has 34 heavy (non-hydrogen) atoms. The van der Waals surface area contributed by atoms with Crippen molar-refractivity contribution in [2.45, 2.75) is 0 Å². The second kappa shape index (κ2) is 15.2. The molecule has 0 aliphatic heterocycles. The molecule has 186 valence electrons. The number of hydrogen-bond acceptors (Lipinski definition) is 12. The van der Waals surface area contributed by atoms with Crippen LogP contribution in [0.4, 0.5) is 0 Å². The fraction of sp³-hybridized carbons (Fsp3) is 0. The first-order chi connectivity index (χ1) is 15.2. The predicted molar refractivity (Wildman–Crippen MR) is 104 cm³/mol. The van der Waals surface area contributed by atoms with Crippen molar-refractivity contribution >= 4 is 23.5 Å². The van der Waals surface area contributed by atoms with Crippen LogP contribution in [-0.2, 0) is 34.8 Å². The molecule has 0 aromatic heterocycles. The first-order valence-corrected chi connectivity index (χ1v) is 12.9. The minimum atomic E-state index is -4.89. The monoisotopic (exact) mass is 614 g/mol. The number of hydrogen-bond donors (Lipinski definition) is 0. The zero-order valence-electron chi connectivity index (χ0n) is 16.8. The molecule has 0 atom stereocenters. The molecule has 0 unspecified atom stereocenters. The van der Waals surface area contributed by atoms with Gasteiger partial charge >= 0.3 is 0 Å². The maximum Gasteiger partial charge on any atom is 0.124 e. The third kappa shape index (κ3) is 18.6. The minimum Gasteiger partial charge on any atom is -0.780 e. The summed E-state index contributed by atoms with van der Waals surface area (Å²) >= 11 is 0. The third-order valence-electron chi connectivity index (χ3n) is 2.88. The van der Waals surface area contributed by atoms with Crippen molar-refractivity contribution in [2.24, 2.45) is 0 Å². The van der Waals surface area contributed by atoms with E-state index in [0.29, 0.717) is 0 Å². The molecule has 3 aromatic rings. The van der Waals surface area contributed by atoms with Gasteiger partial charge in [0, 0.05) is 21.1 Å². The Labute approximate surface area is 209 Å². The van der Waals surface area contributed by atoms with Crippen molar-refractivity contribution in [1.82, 2.24) is 0 Å². The Kier molecular flexibility index (Phi) is 14.4. The number of phosphoric ester groups is 3. The van der Waals surface area contributed by atoms with Crippen molar-refractivity contribution in [3.63, 3.8) is 0 Å². The summed E-state index contributed by atoms with van der Waals surface area (Å²) in [6.07, 6.45) is 0. The minimum absolute atomic E-state index is 0. The summed E-state index contributed by atoms with van der Waals surface area (Å²) < 4.78 is 42.3. The van der Waals surface area contributed by atoms with Crippen molar-refractivity contribution < 1.29 is 77.7 Å². The summed E-state index contributed by atoms with van der Waals surface area (Å²) in [6.45, 7) is 0. The molecule has 12 nitrogen and oxygen atoms in total. The van der Waals surface area contributed by atoms with E-state index in [2.05, 4.69) is 13.6 Å². The summed E-state index contributed by atoms with van der Waals surface area (Å²) in [5.41, 5.74) is 0. The molecule has 3 aromatic carbocycles. The van der Waals surface area contributed by atoms with Crippen LogP contribution in [0.15, 0.2) is 91.0 Å². The van der Waals surface area contributed by atoms with Gasteiger partial charge in [-0.05, 0) is 36.4 Å². The summed E-state index contributed by atoms with van der Waals surface area (Å²) in [5, 5.41) is 0. The molecule has 0 spiro atoms. The van der Waals surface area contributed by atoms with E-state index in [1.54, 1.807) is 54.6 Å². The van der Waals surface area contributed by atoms with E-state index >= 15 is 0 Å². The van der Waals surface area contributed by atoms with Crippen molar-refractivity contribution in [3.05, 3.63) is 91.0 Å². The maximum atomic E-state index is 10.1. The first kappa shape index (κ1) is 32.2. The molecule has 0 heterocycles. The maximum absolute atomic E-state index is 10.1. The van der Waals surface area contributed by atoms with Gasteiger partial charge in [0.1, 0.15) is 40.7 Å². The van der Waals surface area contributed by atoms with Gasteiger partial charge in [-0.2, -0.15) is 0 Å². The van der Waals surface area contributed by atoms with Crippen LogP contribution >= 0.6 is 23.5 Å². The standard InChI is InChI=1S/3C6H7O4P.Mo/c3*7-11(8,9)10-6-4-2-1-3-5-6;/h3*1-5H,(H2,7,8,9);/p-6. The average Bonchev–Trinajstić information content (AvgIpc) is 2.67. The molecule has 0 aliphatic rings. The zero-order valence-corrected chi connectivity index (χ0v) is 21.5. The van der Waals surface area contributed by atoms with Crippen molar-refractivity contribution in [1.29, 1.82) is 0 Å². The Balaban J connectivity index is 0.000000473. The Morgan fingerprint density at radius 3 is 0.735 bits per heavy atom. The second-order valence-electron chi connectivity index (χ2n) is 5.55. The van der Waals surface area contributed by atoms with E-state index < -0.39 is 23.5 Å². The molecule has 0 aliphatic carbocycles. The Morgan fingerprint density at radius 2 is 0.588 bits per heavy atom. The van der Waals surface area contributed by atoms with Gasteiger partial charge in [-0.3, -0.25) is 0 Å². The number of phosphoric acid groups is 3. The van der Waals surface area contributed by atoms with Gasteiger partial charge in [0.15, 0.2) is 0 Å². The van der Waals surface area contributed by atoms with E-state index in [0.717, 1.165) is 0 Å². The molecule has 16 heteroatoms. The molecule has 0 N–H and O–H groups in total. The molecule has 0 bridgehead atoms. The van der Waals surface area contributed by atoms with E-state index in [9.17, 15) is 43.1 Å². The molecular weight excluding hydrogens is 597 g/mol. The van der Waals surface area contributed by atoms with Crippen LogP contribution in [0.2, 0.25) is 0 Å². The fourth-order valence-corrected chi connectivity index (χ4v) is 2.97. The smallest absolute Gasteiger partial charge is 0.124 e. The van der Waals surface area contributed by atoms with E-state index in [4.69, 9.17) is 0 Å². The SMILES string of the molecule is O=P([O-])([O-])Oc1ccccc1.O=P([O-])([O-])Oc1ccccc1.O=P([O-])([O-])Oc1ccccc1.[Mo]. The van der Waals surface area contributed by atoms with E-state index in [1.807, 2.05) is 0 Å². The van der Waals surface area contributed by atoms with E-state index in [1.165, 1.54) is 36.4 Å². The van der Waals surface area contributed by atoms with Gasteiger partial charge in [-0.15, -0.1) is 0 Å². The van der Waals surface area contributed by atoms with Crippen molar-refractivity contribution in [3.8, 4) is 17.2 Å². The summed E-state index contributed by atoms with van der Waals surface area (Å²) in [4.78, 5) is 60.3. The fourth-order valence-electron chi connectivity index (χ4n) is 1.83. The van der Waals surface area contributed by atoms with Gasteiger partial charge in [-0.25, -0.2) is 0 Å². The van der Waals surface area contributed by atoms with Gasteiger partial charge in [0.2, 0.25) is 0 Å². The molecule has 0 saturated carbocycles. The summed E-state index contributed by atoms with van der Waals surface area (Å²) in [5.74, 6) is 0.127. The molecular formula is C18H15MoO12P3-6.